The summed E-state index contributed by atoms with van der Waals surface area (Å²) in [5, 5.41) is 2.90. The Morgan fingerprint density at radius 1 is 1.43 bits per heavy atom. The highest BCUT2D eigenvalue weighted by Crippen LogP contribution is 2.26. The standard InChI is InChI=1S/C16H22N2O3/c1-2-21-16(20)9-7-13(17)11-6-8-14-12(10-11)4-3-5-15(19)18-14/h6,8,10,13H,2-5,7,9,17H2,1H3,(H,18,19). The summed E-state index contributed by atoms with van der Waals surface area (Å²) in [6, 6.07) is 5.66. The molecule has 0 bridgehead atoms. The first kappa shape index (κ1) is 15.5. The van der Waals surface area contributed by atoms with Crippen LogP contribution in [0.1, 0.15) is 49.8 Å². The second-order valence-electron chi connectivity index (χ2n) is 5.27. The Morgan fingerprint density at radius 2 is 2.24 bits per heavy atom. The van der Waals surface area contributed by atoms with Gasteiger partial charge in [-0.15, -0.1) is 0 Å². The minimum atomic E-state index is -0.213. The summed E-state index contributed by atoms with van der Waals surface area (Å²) >= 11 is 0. The number of nitrogens with one attached hydrogen (secondary N) is 1. The van der Waals surface area contributed by atoms with Gasteiger partial charge in [-0.3, -0.25) is 9.59 Å². The molecule has 0 saturated carbocycles. The van der Waals surface area contributed by atoms with Crippen LogP contribution in [0.15, 0.2) is 18.2 Å². The number of amides is 1. The summed E-state index contributed by atoms with van der Waals surface area (Å²) < 4.78 is 4.91. The van der Waals surface area contributed by atoms with Crippen molar-refractivity contribution in [2.75, 3.05) is 11.9 Å². The fraction of sp³-hybridized carbons (Fsp3) is 0.500. The molecule has 0 aliphatic carbocycles. The van der Waals surface area contributed by atoms with E-state index < -0.39 is 0 Å². The molecule has 1 amide bonds. The van der Waals surface area contributed by atoms with Gasteiger partial charge in [-0.1, -0.05) is 12.1 Å². The third-order valence-corrected chi connectivity index (χ3v) is 3.65. The van der Waals surface area contributed by atoms with Crippen LogP contribution in [0, 0.1) is 0 Å². The lowest BCUT2D eigenvalue weighted by atomic mass is 9.98. The third-order valence-electron chi connectivity index (χ3n) is 3.65. The summed E-state index contributed by atoms with van der Waals surface area (Å²) in [5.41, 5.74) is 9.13. The number of nitrogens with two attached hydrogens (primary N) is 1. The van der Waals surface area contributed by atoms with Crippen molar-refractivity contribution in [3.8, 4) is 0 Å². The zero-order chi connectivity index (χ0) is 15.2. The Bertz CT molecular complexity index is 528. The van der Waals surface area contributed by atoms with Crippen molar-refractivity contribution in [1.29, 1.82) is 0 Å². The zero-order valence-electron chi connectivity index (χ0n) is 12.4. The number of anilines is 1. The maximum atomic E-state index is 11.5. The Kier molecular flexibility index (Phi) is 5.33. The molecule has 1 aliphatic heterocycles. The molecule has 0 radical (unpaired) electrons. The van der Waals surface area contributed by atoms with E-state index in [4.69, 9.17) is 10.5 Å². The van der Waals surface area contributed by atoms with E-state index in [0.717, 1.165) is 29.7 Å². The number of carbonyl (C=O) groups excluding carboxylic acids is 2. The topological polar surface area (TPSA) is 81.4 Å². The fourth-order valence-corrected chi connectivity index (χ4v) is 2.50. The van der Waals surface area contributed by atoms with Gasteiger partial charge in [-0.25, -0.2) is 0 Å². The lowest BCUT2D eigenvalue weighted by molar-refractivity contribution is -0.143. The van der Waals surface area contributed by atoms with Crippen LogP contribution in [0.3, 0.4) is 0 Å². The van der Waals surface area contributed by atoms with Crippen molar-refractivity contribution >= 4 is 17.6 Å². The molecule has 1 aliphatic rings. The van der Waals surface area contributed by atoms with E-state index >= 15 is 0 Å². The van der Waals surface area contributed by atoms with Crippen LogP contribution in [-0.4, -0.2) is 18.5 Å². The van der Waals surface area contributed by atoms with Crippen molar-refractivity contribution in [1.82, 2.24) is 0 Å². The predicted molar refractivity (Wildman–Crippen MR) is 80.8 cm³/mol. The molecule has 0 fully saturated rings. The van der Waals surface area contributed by atoms with Crippen LogP contribution < -0.4 is 11.1 Å². The van der Waals surface area contributed by atoms with Gasteiger partial charge in [0.25, 0.3) is 0 Å². The summed E-state index contributed by atoms with van der Waals surface area (Å²) in [5.74, 6) is -0.150. The predicted octanol–water partition coefficient (Wildman–Crippen LogP) is 2.30. The van der Waals surface area contributed by atoms with E-state index in [1.54, 1.807) is 6.92 Å². The Balaban J connectivity index is 2.02. The average molecular weight is 290 g/mol. The van der Waals surface area contributed by atoms with Crippen LogP contribution in [0.5, 0.6) is 0 Å². The van der Waals surface area contributed by atoms with E-state index in [0.29, 0.717) is 25.9 Å². The van der Waals surface area contributed by atoms with Crippen molar-refractivity contribution in [2.24, 2.45) is 5.73 Å². The smallest absolute Gasteiger partial charge is 0.305 e. The quantitative estimate of drug-likeness (QED) is 0.815. The number of aryl methyl sites for hydroxylation is 1. The number of carbonyl (C=O) groups is 2. The van der Waals surface area contributed by atoms with Crippen molar-refractivity contribution in [3.63, 3.8) is 0 Å². The molecule has 1 aromatic rings. The van der Waals surface area contributed by atoms with Gasteiger partial charge in [0.2, 0.25) is 5.91 Å². The molecule has 2 rings (SSSR count). The van der Waals surface area contributed by atoms with Gasteiger partial charge in [0.1, 0.15) is 0 Å². The normalized spacial score (nSPS) is 15.6. The first-order chi connectivity index (χ1) is 10.1. The largest absolute Gasteiger partial charge is 0.466 e. The number of ether oxygens (including phenoxy) is 1. The number of fused-ring (bicyclic) bond motifs is 1. The minimum absolute atomic E-state index is 0.0631. The first-order valence-corrected chi connectivity index (χ1v) is 7.44. The van der Waals surface area contributed by atoms with E-state index in [9.17, 15) is 9.59 Å². The van der Waals surface area contributed by atoms with Crippen molar-refractivity contribution < 1.29 is 14.3 Å². The molecule has 0 saturated heterocycles. The van der Waals surface area contributed by atoms with Gasteiger partial charge in [0, 0.05) is 24.6 Å². The molecule has 5 nitrogen and oxygen atoms in total. The number of rotatable bonds is 5. The molecule has 114 valence electrons. The highest BCUT2D eigenvalue weighted by Gasteiger charge is 2.15. The summed E-state index contributed by atoms with van der Waals surface area (Å²) in [4.78, 5) is 22.9. The molecule has 21 heavy (non-hydrogen) atoms. The van der Waals surface area contributed by atoms with E-state index in [1.807, 2.05) is 18.2 Å². The van der Waals surface area contributed by atoms with Crippen LogP contribution >= 0.6 is 0 Å². The number of hydrogen-bond acceptors (Lipinski definition) is 4. The highest BCUT2D eigenvalue weighted by atomic mass is 16.5. The van der Waals surface area contributed by atoms with Gasteiger partial charge in [-0.2, -0.15) is 0 Å². The second kappa shape index (κ2) is 7.22. The van der Waals surface area contributed by atoms with Gasteiger partial charge >= 0.3 is 5.97 Å². The maximum absolute atomic E-state index is 11.5. The van der Waals surface area contributed by atoms with Gasteiger partial charge in [0.05, 0.1) is 6.61 Å². The van der Waals surface area contributed by atoms with Crippen LogP contribution in [-0.2, 0) is 20.7 Å². The molecule has 1 aromatic carbocycles. The van der Waals surface area contributed by atoms with Crippen LogP contribution in [0.25, 0.3) is 0 Å². The molecular formula is C16H22N2O3. The number of hydrogen-bond donors (Lipinski definition) is 2. The monoisotopic (exact) mass is 290 g/mol. The molecule has 0 aromatic heterocycles. The minimum Gasteiger partial charge on any atom is -0.466 e. The average Bonchev–Trinajstić information content (AvgIpc) is 2.64. The number of esters is 1. The highest BCUT2D eigenvalue weighted by molar-refractivity contribution is 5.92. The van der Waals surface area contributed by atoms with Crippen molar-refractivity contribution in [2.45, 2.75) is 45.1 Å². The molecular weight excluding hydrogens is 268 g/mol. The zero-order valence-corrected chi connectivity index (χ0v) is 12.4. The van der Waals surface area contributed by atoms with Gasteiger partial charge in [-0.05, 0) is 43.4 Å². The lowest BCUT2D eigenvalue weighted by Gasteiger charge is -2.15. The fourth-order valence-electron chi connectivity index (χ4n) is 2.50. The number of benzene rings is 1. The molecule has 1 atom stereocenters. The third kappa shape index (κ3) is 4.29. The van der Waals surface area contributed by atoms with E-state index in [2.05, 4.69) is 5.32 Å². The van der Waals surface area contributed by atoms with Crippen LogP contribution in [0.4, 0.5) is 5.69 Å². The Morgan fingerprint density at radius 3 is 3.00 bits per heavy atom. The molecule has 3 N–H and O–H groups in total. The van der Waals surface area contributed by atoms with Gasteiger partial charge in [0.15, 0.2) is 0 Å². The molecule has 5 heteroatoms. The van der Waals surface area contributed by atoms with Crippen LogP contribution in [0.2, 0.25) is 0 Å². The second-order valence-corrected chi connectivity index (χ2v) is 5.27. The molecule has 0 spiro atoms. The molecule has 1 unspecified atom stereocenters. The van der Waals surface area contributed by atoms with E-state index in [-0.39, 0.29) is 17.9 Å². The van der Waals surface area contributed by atoms with E-state index in [1.165, 1.54) is 0 Å². The summed E-state index contributed by atoms with van der Waals surface area (Å²) in [6.45, 7) is 2.19. The summed E-state index contributed by atoms with van der Waals surface area (Å²) in [6.07, 6.45) is 3.15. The lowest BCUT2D eigenvalue weighted by Crippen LogP contribution is -2.14. The first-order valence-electron chi connectivity index (χ1n) is 7.44. The maximum Gasteiger partial charge on any atom is 0.305 e. The van der Waals surface area contributed by atoms with Gasteiger partial charge < -0.3 is 15.8 Å². The van der Waals surface area contributed by atoms with Crippen molar-refractivity contribution in [3.05, 3.63) is 29.3 Å². The SMILES string of the molecule is CCOC(=O)CCC(N)c1ccc2c(c1)CCCC(=O)N2. The summed E-state index contributed by atoms with van der Waals surface area (Å²) in [7, 11) is 0. The Labute approximate surface area is 124 Å². The molecule has 1 heterocycles. The Hall–Kier alpha value is -1.88.